The Kier molecular flexibility index (Phi) is 5.71. The normalized spacial score (nSPS) is 17.3. The van der Waals surface area contributed by atoms with Crippen LogP contribution >= 0.6 is 11.3 Å². The second kappa shape index (κ2) is 7.97. The van der Waals surface area contributed by atoms with Crippen molar-refractivity contribution in [3.8, 4) is 5.75 Å². The van der Waals surface area contributed by atoms with Gasteiger partial charge in [0.15, 0.2) is 0 Å². The summed E-state index contributed by atoms with van der Waals surface area (Å²) in [6.07, 6.45) is 2.04. The summed E-state index contributed by atoms with van der Waals surface area (Å²) in [7, 11) is 5.69. The van der Waals surface area contributed by atoms with Crippen LogP contribution in [0.5, 0.6) is 5.75 Å². The Hall–Kier alpha value is -1.92. The number of hydrogen-bond donors (Lipinski definition) is 0. The van der Waals surface area contributed by atoms with Crippen LogP contribution in [0, 0.1) is 5.92 Å². The Bertz CT molecular complexity index is 712. The van der Waals surface area contributed by atoms with Crippen LogP contribution in [0.3, 0.4) is 0 Å². The van der Waals surface area contributed by atoms with Gasteiger partial charge < -0.3 is 14.5 Å². The molecule has 0 radical (unpaired) electrons. The highest BCUT2D eigenvalue weighted by atomic mass is 32.1. The van der Waals surface area contributed by atoms with Gasteiger partial charge in [-0.3, -0.25) is 4.79 Å². The van der Waals surface area contributed by atoms with Gasteiger partial charge in [-0.2, -0.15) is 0 Å². The lowest BCUT2D eigenvalue weighted by Crippen LogP contribution is -2.29. The molecule has 0 N–H and O–H groups in total. The third-order valence-electron chi connectivity index (χ3n) is 4.48. The third-order valence-corrected chi connectivity index (χ3v) is 5.31. The van der Waals surface area contributed by atoms with Crippen LogP contribution in [-0.4, -0.2) is 55.0 Å². The molecule has 1 saturated heterocycles. The number of thiazole rings is 1. The highest BCUT2D eigenvalue weighted by molar-refractivity contribution is 7.09. The molecule has 25 heavy (non-hydrogen) atoms. The van der Waals surface area contributed by atoms with E-state index in [4.69, 9.17) is 4.74 Å². The summed E-state index contributed by atoms with van der Waals surface area (Å²) in [4.78, 5) is 21.2. The summed E-state index contributed by atoms with van der Waals surface area (Å²) in [5.41, 5.74) is 1.88. The average Bonchev–Trinajstić information content (AvgIpc) is 3.24. The lowest BCUT2D eigenvalue weighted by Gasteiger charge is -2.15. The maximum atomic E-state index is 12.7. The molecule has 1 aliphatic heterocycles. The minimum atomic E-state index is 0.0680. The largest absolute Gasteiger partial charge is 0.497 e. The van der Waals surface area contributed by atoms with Crippen molar-refractivity contribution >= 4 is 17.2 Å². The number of rotatable bonds is 6. The van der Waals surface area contributed by atoms with Crippen LogP contribution in [0.25, 0.3) is 0 Å². The summed E-state index contributed by atoms with van der Waals surface area (Å²) in [5.74, 6) is 1.46. The second-order valence-electron chi connectivity index (χ2n) is 6.82. The van der Waals surface area contributed by atoms with Gasteiger partial charge in [-0.05, 0) is 50.6 Å². The molecule has 0 saturated carbocycles. The molecule has 1 aromatic heterocycles. The molecule has 1 aliphatic rings. The van der Waals surface area contributed by atoms with E-state index in [-0.39, 0.29) is 5.91 Å². The van der Waals surface area contributed by atoms with Crippen LogP contribution in [0.15, 0.2) is 29.6 Å². The maximum absolute atomic E-state index is 12.7. The van der Waals surface area contributed by atoms with E-state index in [1.807, 2.05) is 36.5 Å². The molecule has 6 heteroatoms. The second-order valence-corrected chi connectivity index (χ2v) is 7.76. The highest BCUT2D eigenvalue weighted by Gasteiger charge is 2.28. The first kappa shape index (κ1) is 17.9. The van der Waals surface area contributed by atoms with Gasteiger partial charge in [0.2, 0.25) is 0 Å². The number of nitrogens with zero attached hydrogens (tertiary/aromatic N) is 3. The summed E-state index contributed by atoms with van der Waals surface area (Å²) >= 11 is 1.56. The molecule has 1 fully saturated rings. The first-order valence-electron chi connectivity index (χ1n) is 8.56. The molecule has 1 atom stereocenters. The lowest BCUT2D eigenvalue weighted by molar-refractivity contribution is 0.0781. The van der Waals surface area contributed by atoms with E-state index < -0.39 is 0 Å². The standard InChI is InChI=1S/C19H25N3O2S/c1-21(2)12-18-20-17(13-25-18)19(23)22-9-8-15(11-22)10-14-4-6-16(24-3)7-5-14/h4-7,13,15H,8-12H2,1-3H3. The molecule has 5 nitrogen and oxygen atoms in total. The van der Waals surface area contributed by atoms with E-state index in [0.717, 1.165) is 43.2 Å². The van der Waals surface area contributed by atoms with Crippen LogP contribution in [0.1, 0.15) is 27.5 Å². The minimum Gasteiger partial charge on any atom is -0.497 e. The summed E-state index contributed by atoms with van der Waals surface area (Å²) < 4.78 is 5.20. The van der Waals surface area contributed by atoms with Gasteiger partial charge >= 0.3 is 0 Å². The van der Waals surface area contributed by atoms with E-state index in [0.29, 0.717) is 11.6 Å². The van der Waals surface area contributed by atoms with Gasteiger partial charge in [0, 0.05) is 25.0 Å². The fraction of sp³-hybridized carbons (Fsp3) is 0.474. The smallest absolute Gasteiger partial charge is 0.273 e. The molecular formula is C19H25N3O2S. The SMILES string of the molecule is COc1ccc(CC2CCN(C(=O)c3csc(CN(C)C)n3)C2)cc1. The minimum absolute atomic E-state index is 0.0680. The Morgan fingerprint density at radius 1 is 1.36 bits per heavy atom. The van der Waals surface area contributed by atoms with Crippen molar-refractivity contribution < 1.29 is 9.53 Å². The van der Waals surface area contributed by atoms with Gasteiger partial charge in [-0.1, -0.05) is 12.1 Å². The molecule has 1 unspecified atom stereocenters. The maximum Gasteiger partial charge on any atom is 0.273 e. The molecule has 1 aromatic carbocycles. The molecule has 2 heterocycles. The van der Waals surface area contributed by atoms with E-state index in [1.54, 1.807) is 18.4 Å². The van der Waals surface area contributed by atoms with Crippen molar-refractivity contribution in [1.29, 1.82) is 0 Å². The Morgan fingerprint density at radius 3 is 2.80 bits per heavy atom. The number of amides is 1. The van der Waals surface area contributed by atoms with Crippen molar-refractivity contribution in [1.82, 2.24) is 14.8 Å². The van der Waals surface area contributed by atoms with E-state index in [9.17, 15) is 4.79 Å². The molecule has 0 spiro atoms. The molecular weight excluding hydrogens is 334 g/mol. The van der Waals surface area contributed by atoms with Crippen LogP contribution in [-0.2, 0) is 13.0 Å². The number of aromatic nitrogens is 1. The van der Waals surface area contributed by atoms with E-state index in [2.05, 4.69) is 22.0 Å². The number of methoxy groups -OCH3 is 1. The topological polar surface area (TPSA) is 45.7 Å². The Balaban J connectivity index is 1.56. The zero-order chi connectivity index (χ0) is 17.8. The van der Waals surface area contributed by atoms with Crippen LogP contribution in [0.2, 0.25) is 0 Å². The quantitative estimate of drug-likeness (QED) is 0.796. The summed E-state index contributed by atoms with van der Waals surface area (Å²) in [5, 5.41) is 2.88. The first-order chi connectivity index (χ1) is 12.0. The molecule has 1 amide bonds. The Labute approximate surface area is 153 Å². The van der Waals surface area contributed by atoms with Crippen molar-refractivity contribution in [2.45, 2.75) is 19.4 Å². The van der Waals surface area contributed by atoms with Gasteiger partial charge in [0.25, 0.3) is 5.91 Å². The van der Waals surface area contributed by atoms with E-state index in [1.165, 1.54) is 5.56 Å². The van der Waals surface area contributed by atoms with Crippen molar-refractivity contribution in [2.24, 2.45) is 5.92 Å². The highest BCUT2D eigenvalue weighted by Crippen LogP contribution is 2.24. The van der Waals surface area contributed by atoms with Crippen molar-refractivity contribution in [3.63, 3.8) is 0 Å². The van der Waals surface area contributed by atoms with Crippen molar-refractivity contribution in [3.05, 3.63) is 45.9 Å². The van der Waals surface area contributed by atoms with Crippen LogP contribution < -0.4 is 4.74 Å². The zero-order valence-electron chi connectivity index (χ0n) is 15.1. The summed E-state index contributed by atoms with van der Waals surface area (Å²) in [6.45, 7) is 2.41. The molecule has 2 aromatic rings. The molecule has 0 aliphatic carbocycles. The number of carbonyl (C=O) groups is 1. The molecule has 3 rings (SSSR count). The third kappa shape index (κ3) is 4.58. The van der Waals surface area contributed by atoms with Crippen LogP contribution in [0.4, 0.5) is 0 Å². The summed E-state index contributed by atoms with van der Waals surface area (Å²) in [6, 6.07) is 8.21. The van der Waals surface area contributed by atoms with Gasteiger partial charge in [0.05, 0.1) is 7.11 Å². The van der Waals surface area contributed by atoms with E-state index >= 15 is 0 Å². The average molecular weight is 359 g/mol. The number of likely N-dealkylation sites (tertiary alicyclic amines) is 1. The van der Waals surface area contributed by atoms with Crippen molar-refractivity contribution in [2.75, 3.05) is 34.3 Å². The number of ether oxygens (including phenoxy) is 1. The lowest BCUT2D eigenvalue weighted by atomic mass is 9.99. The Morgan fingerprint density at radius 2 is 2.12 bits per heavy atom. The number of carbonyl (C=O) groups excluding carboxylic acids is 1. The van der Waals surface area contributed by atoms with Gasteiger partial charge in [0.1, 0.15) is 16.5 Å². The molecule has 0 bridgehead atoms. The number of benzene rings is 1. The van der Waals surface area contributed by atoms with Gasteiger partial charge in [-0.25, -0.2) is 4.98 Å². The predicted molar refractivity (Wildman–Crippen MR) is 100 cm³/mol. The zero-order valence-corrected chi connectivity index (χ0v) is 15.9. The fourth-order valence-electron chi connectivity index (χ4n) is 3.19. The van der Waals surface area contributed by atoms with Gasteiger partial charge in [-0.15, -0.1) is 11.3 Å². The monoisotopic (exact) mass is 359 g/mol. The first-order valence-corrected chi connectivity index (χ1v) is 9.44. The predicted octanol–water partition coefficient (Wildman–Crippen LogP) is 2.92. The molecule has 134 valence electrons. The fourth-order valence-corrected chi connectivity index (χ4v) is 4.08. The number of hydrogen-bond acceptors (Lipinski definition) is 5.